The van der Waals surface area contributed by atoms with E-state index < -0.39 is 33.3 Å². The average molecular weight is 1520 g/mol. The van der Waals surface area contributed by atoms with Crippen LogP contribution in [0.4, 0.5) is 0 Å². The molecule has 0 unspecified atom stereocenters. The lowest BCUT2D eigenvalue weighted by atomic mass is 9.95. The first-order chi connectivity index (χ1) is 60.8. The highest BCUT2D eigenvalue weighted by atomic mass is 16.4. The van der Waals surface area contributed by atoms with Crippen molar-refractivity contribution < 1.29 is 53.8 Å². The molecule has 1 fully saturated rings. The summed E-state index contributed by atoms with van der Waals surface area (Å²) in [5, 5.41) is 10.6. The van der Waals surface area contributed by atoms with Gasteiger partial charge in [-0.15, -0.1) is 0 Å². The Morgan fingerprint density at radius 1 is 0.365 bits per heavy atom. The third kappa shape index (κ3) is 13.5. The number of pyridine rings is 8. The van der Waals surface area contributed by atoms with E-state index in [1.165, 1.54) is 0 Å². The number of furan rings is 4. The van der Waals surface area contributed by atoms with Crippen molar-refractivity contribution in [3.8, 4) is 45.0 Å². The third-order valence-corrected chi connectivity index (χ3v) is 22.7. The molecule has 0 radical (unpaired) electrons. The molecule has 21 rings (SSSR count). The molecule has 20 aromatic rings. The Morgan fingerprint density at radius 3 is 1.20 bits per heavy atom. The zero-order chi connectivity index (χ0) is 90.4. The molecule has 0 spiro atoms. The Labute approximate surface area is 687 Å². The van der Waals surface area contributed by atoms with Gasteiger partial charge in [0.25, 0.3) is 0 Å². The van der Waals surface area contributed by atoms with Crippen LogP contribution in [0, 0.1) is 73.9 Å². The van der Waals surface area contributed by atoms with E-state index >= 15 is 0 Å². The first kappa shape index (κ1) is 59.9. The standard InChI is InChI=1S/C28H27N2O.C26H25N2O.C25H23N2O.C24H21N2O/c1-18-11-12-22-23-17-21-9-5-6-10-24(21)29-28(23)31-27(22)26(18)25-16-20(13-14-30(25)2)15-19-7-3-4-8-19;1-16(2)13-18-11-12-28(4)23(14-18)24-17(3)9-10-20-21-15-19-7-5-6-8-22(19)27-26(21)29-25(20)24;1-14-11-21(27(5)13-17(14)4)23-16(3)10-15(2)22-19-12-18-8-6-7-9-20(18)26-25(19)28-24(22)23;1-14-9-10-26(4)20(11-14)22-16(3)12-15(2)21-18-13-17-7-5-6-8-19(17)25-24(18)27-23(21)22/h5-6,9-14,16-17,19H,3-4,7-8,15H2,1-2H3;5-12,14-16H,13H2,1-4H3;6-13H,1-5H3;5-13H,1-4H3/q4*+1/i15D2;13D2;2D3,4D3;2D3. The predicted octanol–water partition coefficient (Wildman–Crippen LogP) is 24.2. The molecule has 12 aromatic heterocycles. The number of benzene rings is 8. The molecule has 115 heavy (non-hydrogen) atoms. The Bertz CT molecular complexity index is 7930. The van der Waals surface area contributed by atoms with Gasteiger partial charge in [0.2, 0.25) is 45.6 Å². The van der Waals surface area contributed by atoms with E-state index in [1.807, 2.05) is 217 Å². The fourth-order valence-corrected chi connectivity index (χ4v) is 16.8. The normalized spacial score (nSPS) is 14.9. The molecule has 1 aliphatic rings. The molecule has 0 atom stereocenters. The van der Waals surface area contributed by atoms with Crippen LogP contribution in [0.5, 0.6) is 0 Å². The minimum absolute atomic E-state index is 0.0813. The fraction of sp³-hybridized carbons (Fsp3) is 0.223. The second-order valence-electron chi connectivity index (χ2n) is 31.3. The molecule has 568 valence electrons. The lowest BCUT2D eigenvalue weighted by molar-refractivity contribution is -0.660. The van der Waals surface area contributed by atoms with E-state index in [9.17, 15) is 0 Å². The SMILES string of the molecule is [2H]C([2H])([2H])c1c[n+](C)c(-c2c(C)cc(C([2H])([2H])[2H])c3c2oc2nc4ccccc4cc23)cc1C.[2H]C([2H])([2H])c1cc(C)c(-c2cc(C)cc[n+]2C)c2oc3nc4ccccc4cc3c12.[2H]C([2H])(c1cc[n+](C)c(-c2c(C)ccc3c2oc2nc4ccccc4cc23)c1)C(C)C.[2H]C([2H])(c1cc[n+](C)c(-c2c(C)ccc3c2oc2nc4ccccc4cc23)c1)C1CCCC1. The van der Waals surface area contributed by atoms with E-state index in [4.69, 9.17) is 45.5 Å². The van der Waals surface area contributed by atoms with Crippen molar-refractivity contribution in [3.63, 3.8) is 0 Å². The molecule has 0 bridgehead atoms. The molecule has 1 saturated carbocycles. The zero-order valence-corrected chi connectivity index (χ0v) is 66.6. The van der Waals surface area contributed by atoms with E-state index in [0.29, 0.717) is 72.4 Å². The average Bonchev–Trinajstić information content (AvgIpc) is 1.56. The number of aryl methyl sites for hydroxylation is 13. The number of hydrogen-bond donors (Lipinski definition) is 0. The van der Waals surface area contributed by atoms with E-state index in [0.717, 1.165) is 180 Å². The molecule has 0 N–H and O–H groups in total. The van der Waals surface area contributed by atoms with Crippen molar-refractivity contribution in [3.05, 3.63) is 286 Å². The van der Waals surface area contributed by atoms with E-state index in [1.54, 1.807) is 36.9 Å². The van der Waals surface area contributed by atoms with Crippen LogP contribution >= 0.6 is 0 Å². The van der Waals surface area contributed by atoms with Gasteiger partial charge < -0.3 is 17.7 Å². The zero-order valence-electron chi connectivity index (χ0n) is 79.6. The van der Waals surface area contributed by atoms with Crippen LogP contribution in [0.1, 0.15) is 119 Å². The van der Waals surface area contributed by atoms with Gasteiger partial charge in [0.1, 0.15) is 28.2 Å². The van der Waals surface area contributed by atoms with Gasteiger partial charge in [-0.05, 0) is 191 Å². The Kier molecular flexibility index (Phi) is 15.4. The fourth-order valence-electron chi connectivity index (χ4n) is 16.8. The van der Waals surface area contributed by atoms with Crippen LogP contribution in [0.15, 0.2) is 243 Å². The summed E-state index contributed by atoms with van der Waals surface area (Å²) < 4.78 is 141. The van der Waals surface area contributed by atoms with Gasteiger partial charge >= 0.3 is 0 Å². The molecule has 12 heteroatoms. The summed E-state index contributed by atoms with van der Waals surface area (Å²) in [5.74, 6) is -0.0504. The first-order valence-electron chi connectivity index (χ1n) is 45.7. The number of para-hydroxylation sites is 4. The number of hydrogen-bond acceptors (Lipinski definition) is 8. The summed E-state index contributed by atoms with van der Waals surface area (Å²) >= 11 is 0. The van der Waals surface area contributed by atoms with Gasteiger partial charge in [-0.1, -0.05) is 149 Å². The van der Waals surface area contributed by atoms with Crippen LogP contribution in [0.25, 0.3) is 177 Å². The maximum atomic E-state index is 8.91. The van der Waals surface area contributed by atoms with Crippen molar-refractivity contribution in [2.24, 2.45) is 40.0 Å². The maximum Gasteiger partial charge on any atom is 0.227 e. The van der Waals surface area contributed by atoms with Gasteiger partial charge in [-0.3, -0.25) is 0 Å². The summed E-state index contributed by atoms with van der Waals surface area (Å²) in [6, 6.07) is 65.3. The smallest absolute Gasteiger partial charge is 0.227 e. The third-order valence-electron chi connectivity index (χ3n) is 22.7. The van der Waals surface area contributed by atoms with Crippen LogP contribution in [0.2, 0.25) is 0 Å². The molecule has 0 amide bonds. The molecule has 1 aliphatic carbocycles. The Hall–Kier alpha value is -12.8. The van der Waals surface area contributed by atoms with Gasteiger partial charge in [0.15, 0.2) is 47.1 Å². The van der Waals surface area contributed by atoms with Crippen molar-refractivity contribution in [2.75, 3.05) is 0 Å². The predicted molar refractivity (Wildman–Crippen MR) is 469 cm³/mol. The number of aromatic nitrogens is 8. The van der Waals surface area contributed by atoms with Gasteiger partial charge in [-0.2, -0.15) is 0 Å². The lowest BCUT2D eigenvalue weighted by Gasteiger charge is -2.10. The highest BCUT2D eigenvalue weighted by Gasteiger charge is 2.29. The summed E-state index contributed by atoms with van der Waals surface area (Å²) in [6.07, 6.45) is 8.92. The Balaban J connectivity index is 0.000000115. The number of fused-ring (bicyclic) bond motifs is 16. The summed E-state index contributed by atoms with van der Waals surface area (Å²) in [7, 11) is 7.75. The maximum absolute atomic E-state index is 8.91. The second kappa shape index (κ2) is 29.6. The Morgan fingerprint density at radius 2 is 0.748 bits per heavy atom. The minimum atomic E-state index is -2.35. The summed E-state index contributed by atoms with van der Waals surface area (Å²) in [6.45, 7) is 8.70. The molecule has 8 aromatic carbocycles. The second-order valence-corrected chi connectivity index (χ2v) is 31.3. The van der Waals surface area contributed by atoms with E-state index in [-0.39, 0.29) is 23.0 Å². The van der Waals surface area contributed by atoms with Crippen LogP contribution in [0.3, 0.4) is 0 Å². The number of nitrogens with zero attached hydrogens (tertiary/aromatic N) is 8. The van der Waals surface area contributed by atoms with Gasteiger partial charge in [0.05, 0.1) is 44.3 Å². The minimum Gasteiger partial charge on any atom is -0.437 e. The lowest BCUT2D eigenvalue weighted by Crippen LogP contribution is -2.31. The molecule has 12 heterocycles. The molecule has 0 aliphatic heterocycles. The summed E-state index contributed by atoms with van der Waals surface area (Å²) in [5.41, 5.74) is 22.9. The van der Waals surface area contributed by atoms with Gasteiger partial charge in [0, 0.05) is 130 Å². The van der Waals surface area contributed by atoms with Crippen LogP contribution in [-0.4, -0.2) is 19.9 Å². The monoisotopic (exact) mass is 1520 g/mol. The largest absolute Gasteiger partial charge is 0.437 e. The molecule has 12 nitrogen and oxygen atoms in total. The van der Waals surface area contributed by atoms with Crippen molar-refractivity contribution >= 4 is 132 Å². The van der Waals surface area contributed by atoms with E-state index in [2.05, 4.69) is 83.0 Å². The topological polar surface area (TPSA) is 120 Å². The number of rotatable bonds is 8. The first-order valence-corrected chi connectivity index (χ1v) is 39.2. The van der Waals surface area contributed by atoms with Crippen LogP contribution < -0.4 is 18.3 Å². The van der Waals surface area contributed by atoms with Crippen LogP contribution in [-0.2, 0) is 40.9 Å². The van der Waals surface area contributed by atoms with Crippen molar-refractivity contribution in [1.82, 2.24) is 19.9 Å². The van der Waals surface area contributed by atoms with Crippen molar-refractivity contribution in [1.29, 1.82) is 0 Å². The molecular formula is C103H96N8O4+4. The molecular weight excluding hydrogens is 1410 g/mol. The van der Waals surface area contributed by atoms with Crippen molar-refractivity contribution in [2.45, 2.75) is 114 Å². The summed E-state index contributed by atoms with van der Waals surface area (Å²) in [4.78, 5) is 18.9. The highest BCUT2D eigenvalue weighted by Crippen LogP contribution is 2.44. The quantitative estimate of drug-likeness (QED) is 0.138. The van der Waals surface area contributed by atoms with Gasteiger partial charge in [-0.25, -0.2) is 38.2 Å². The molecule has 0 saturated heterocycles. The highest BCUT2D eigenvalue weighted by molar-refractivity contribution is 6.16.